The topological polar surface area (TPSA) is 87.7 Å². The lowest BCUT2D eigenvalue weighted by Crippen LogP contribution is -2.34. The van der Waals surface area contributed by atoms with Crippen LogP contribution in [0.25, 0.3) is 0 Å². The van der Waals surface area contributed by atoms with Crippen LogP contribution < -0.4 is 15.4 Å². The normalized spacial score (nSPS) is 10.4. The highest BCUT2D eigenvalue weighted by atomic mass is 32.1. The van der Waals surface area contributed by atoms with Crippen molar-refractivity contribution in [2.45, 2.75) is 20.8 Å². The van der Waals surface area contributed by atoms with Crippen molar-refractivity contribution < 1.29 is 19.4 Å². The third kappa shape index (κ3) is 6.07. The lowest BCUT2D eigenvalue weighted by Gasteiger charge is -2.13. The molecule has 2 aromatic carbocycles. The maximum Gasteiger partial charge on any atom is 0.335 e. The Morgan fingerprint density at radius 3 is 2.33 bits per heavy atom. The van der Waals surface area contributed by atoms with E-state index < -0.39 is 5.97 Å². The molecular formula is C20H22N2O4S. The second-order valence-electron chi connectivity index (χ2n) is 6.47. The third-order valence-electron chi connectivity index (χ3n) is 3.66. The first-order valence-electron chi connectivity index (χ1n) is 8.45. The van der Waals surface area contributed by atoms with Gasteiger partial charge in [0.1, 0.15) is 5.75 Å². The van der Waals surface area contributed by atoms with Gasteiger partial charge in [-0.25, -0.2) is 4.79 Å². The van der Waals surface area contributed by atoms with Crippen LogP contribution in [0.1, 0.15) is 40.1 Å². The number of carboxylic acids is 1. The lowest BCUT2D eigenvalue weighted by molar-refractivity contribution is 0.0696. The van der Waals surface area contributed by atoms with Crippen LogP contribution >= 0.6 is 12.2 Å². The molecule has 0 atom stereocenters. The number of anilines is 1. The summed E-state index contributed by atoms with van der Waals surface area (Å²) >= 11 is 5.16. The fraction of sp³-hybridized carbons (Fsp3) is 0.250. The van der Waals surface area contributed by atoms with Crippen LogP contribution in [0.3, 0.4) is 0 Å². The molecule has 142 valence electrons. The summed E-state index contributed by atoms with van der Waals surface area (Å²) in [6, 6.07) is 11.4. The van der Waals surface area contributed by atoms with E-state index in [-0.39, 0.29) is 16.6 Å². The van der Waals surface area contributed by atoms with Crippen molar-refractivity contribution in [3.63, 3.8) is 0 Å². The minimum atomic E-state index is -1.03. The summed E-state index contributed by atoms with van der Waals surface area (Å²) in [5.74, 6) is -0.288. The summed E-state index contributed by atoms with van der Waals surface area (Å²) in [4.78, 5) is 23.4. The molecule has 3 N–H and O–H groups in total. The molecule has 0 fully saturated rings. The highest BCUT2D eigenvalue weighted by Crippen LogP contribution is 2.17. The number of rotatable bonds is 6. The zero-order chi connectivity index (χ0) is 20.0. The van der Waals surface area contributed by atoms with Gasteiger partial charge in [-0.3, -0.25) is 10.1 Å². The van der Waals surface area contributed by atoms with Crippen LogP contribution in [0, 0.1) is 12.8 Å². The molecule has 0 heterocycles. The van der Waals surface area contributed by atoms with E-state index in [1.165, 1.54) is 12.1 Å². The van der Waals surface area contributed by atoms with Gasteiger partial charge >= 0.3 is 5.97 Å². The summed E-state index contributed by atoms with van der Waals surface area (Å²) in [6.07, 6.45) is 0. The largest absolute Gasteiger partial charge is 0.493 e. The zero-order valence-corrected chi connectivity index (χ0v) is 16.2. The molecule has 7 heteroatoms. The van der Waals surface area contributed by atoms with Crippen molar-refractivity contribution >= 4 is 34.9 Å². The fourth-order valence-corrected chi connectivity index (χ4v) is 2.39. The standard InChI is InChI=1S/C20H22N2O4S/c1-12(2)11-26-16-8-6-14(7-9-16)18(23)22-20(27)21-17-10-15(19(24)25)5-4-13(17)3/h4-10,12H,11H2,1-3H3,(H,24,25)(H2,21,22,23,27). The van der Waals surface area contributed by atoms with Gasteiger partial charge in [0, 0.05) is 11.3 Å². The Balaban J connectivity index is 1.98. The average Bonchev–Trinajstić information content (AvgIpc) is 2.61. The minimum Gasteiger partial charge on any atom is -0.493 e. The Kier molecular flexibility index (Phi) is 6.90. The Hall–Kier alpha value is -2.93. The Morgan fingerprint density at radius 1 is 1.11 bits per heavy atom. The van der Waals surface area contributed by atoms with Gasteiger partial charge in [0.15, 0.2) is 5.11 Å². The summed E-state index contributed by atoms with van der Waals surface area (Å²) in [6.45, 7) is 6.54. The van der Waals surface area contributed by atoms with Crippen LogP contribution in [-0.4, -0.2) is 28.7 Å². The molecule has 0 aromatic heterocycles. The van der Waals surface area contributed by atoms with Crippen molar-refractivity contribution in [2.24, 2.45) is 5.92 Å². The summed E-state index contributed by atoms with van der Waals surface area (Å²) < 4.78 is 5.59. The maximum absolute atomic E-state index is 12.3. The number of carbonyl (C=O) groups excluding carboxylic acids is 1. The summed E-state index contributed by atoms with van der Waals surface area (Å²) in [5.41, 5.74) is 1.90. The number of nitrogens with one attached hydrogen (secondary N) is 2. The average molecular weight is 386 g/mol. The Morgan fingerprint density at radius 2 is 1.74 bits per heavy atom. The second kappa shape index (κ2) is 9.14. The number of carbonyl (C=O) groups is 2. The first kappa shape index (κ1) is 20.4. The van der Waals surface area contributed by atoms with Gasteiger partial charge in [-0.2, -0.15) is 0 Å². The van der Waals surface area contributed by atoms with Crippen molar-refractivity contribution in [3.05, 3.63) is 59.2 Å². The van der Waals surface area contributed by atoms with E-state index in [4.69, 9.17) is 22.1 Å². The van der Waals surface area contributed by atoms with E-state index in [1.54, 1.807) is 30.3 Å². The zero-order valence-electron chi connectivity index (χ0n) is 15.4. The number of thiocarbonyl (C=S) groups is 1. The monoisotopic (exact) mass is 386 g/mol. The first-order valence-corrected chi connectivity index (χ1v) is 8.86. The maximum atomic E-state index is 12.3. The summed E-state index contributed by atoms with van der Waals surface area (Å²) in [5, 5.41) is 14.6. The Bertz CT molecular complexity index is 848. The molecule has 27 heavy (non-hydrogen) atoms. The van der Waals surface area contributed by atoms with Crippen LogP contribution in [0.4, 0.5) is 5.69 Å². The number of hydrogen-bond acceptors (Lipinski definition) is 4. The van der Waals surface area contributed by atoms with Gasteiger partial charge in [0.25, 0.3) is 5.91 Å². The predicted octanol–water partition coefficient (Wildman–Crippen LogP) is 3.85. The molecule has 0 saturated heterocycles. The molecule has 6 nitrogen and oxygen atoms in total. The minimum absolute atomic E-state index is 0.0887. The molecule has 0 aliphatic rings. The van der Waals surface area contributed by atoms with E-state index in [0.717, 1.165) is 5.56 Å². The smallest absolute Gasteiger partial charge is 0.335 e. The van der Waals surface area contributed by atoms with Crippen LogP contribution in [-0.2, 0) is 0 Å². The molecule has 0 aliphatic heterocycles. The van der Waals surface area contributed by atoms with Gasteiger partial charge in [-0.15, -0.1) is 0 Å². The van der Waals surface area contributed by atoms with Crippen LogP contribution in [0.15, 0.2) is 42.5 Å². The highest BCUT2D eigenvalue weighted by molar-refractivity contribution is 7.80. The van der Waals surface area contributed by atoms with Crippen LogP contribution in [0.5, 0.6) is 5.75 Å². The number of hydrogen-bond donors (Lipinski definition) is 3. The molecule has 0 saturated carbocycles. The van der Waals surface area contributed by atoms with Crippen molar-refractivity contribution in [3.8, 4) is 5.75 Å². The Labute approximate surface area is 163 Å². The van der Waals surface area contributed by atoms with Crippen molar-refractivity contribution in [1.29, 1.82) is 0 Å². The quantitative estimate of drug-likeness (QED) is 0.654. The molecule has 0 spiro atoms. The molecular weight excluding hydrogens is 364 g/mol. The molecule has 2 aromatic rings. The fourth-order valence-electron chi connectivity index (χ4n) is 2.18. The van der Waals surface area contributed by atoms with E-state index in [2.05, 4.69) is 24.5 Å². The molecule has 1 amide bonds. The molecule has 0 aliphatic carbocycles. The first-order chi connectivity index (χ1) is 12.8. The van der Waals surface area contributed by atoms with Gasteiger partial charge < -0.3 is 15.2 Å². The van der Waals surface area contributed by atoms with Gasteiger partial charge in [0.05, 0.1) is 12.2 Å². The second-order valence-corrected chi connectivity index (χ2v) is 6.88. The van der Waals surface area contributed by atoms with E-state index >= 15 is 0 Å². The summed E-state index contributed by atoms with van der Waals surface area (Å²) in [7, 11) is 0. The number of amides is 1. The highest BCUT2D eigenvalue weighted by Gasteiger charge is 2.11. The van der Waals surface area contributed by atoms with Crippen molar-refractivity contribution in [2.75, 3.05) is 11.9 Å². The SMILES string of the molecule is Cc1ccc(C(=O)O)cc1NC(=S)NC(=O)c1ccc(OCC(C)C)cc1. The van der Waals surface area contributed by atoms with E-state index in [0.29, 0.717) is 29.5 Å². The van der Waals surface area contributed by atoms with Gasteiger partial charge in [-0.1, -0.05) is 19.9 Å². The number of carboxylic acid groups (broad SMARTS) is 1. The molecule has 0 radical (unpaired) electrons. The number of benzene rings is 2. The number of aromatic carboxylic acids is 1. The molecule has 2 rings (SSSR count). The van der Waals surface area contributed by atoms with Gasteiger partial charge in [0.2, 0.25) is 0 Å². The lowest BCUT2D eigenvalue weighted by atomic mass is 10.1. The molecule has 0 unspecified atom stereocenters. The van der Waals surface area contributed by atoms with E-state index in [1.807, 2.05) is 6.92 Å². The van der Waals surface area contributed by atoms with E-state index in [9.17, 15) is 9.59 Å². The third-order valence-corrected chi connectivity index (χ3v) is 3.86. The van der Waals surface area contributed by atoms with Crippen molar-refractivity contribution in [1.82, 2.24) is 5.32 Å². The van der Waals surface area contributed by atoms with Crippen LogP contribution in [0.2, 0.25) is 0 Å². The molecule has 0 bridgehead atoms. The van der Waals surface area contributed by atoms with Gasteiger partial charge in [-0.05, 0) is 67.0 Å². The predicted molar refractivity (Wildman–Crippen MR) is 109 cm³/mol. The number of aryl methyl sites for hydroxylation is 1. The number of ether oxygens (including phenoxy) is 1.